The largest absolute Gasteiger partial charge is 0.493 e. The van der Waals surface area contributed by atoms with E-state index in [9.17, 15) is 13.2 Å². The number of carbonyl (C=O) groups excluding carboxylic acids is 1. The van der Waals surface area contributed by atoms with Crippen LogP contribution >= 0.6 is 0 Å². The SMILES string of the molecule is COc1cc(/C=C\C(=O)NCc2cccc(NS(C)(=O)=O)c2)ccc1OCC(C)C. The predicted molar refractivity (Wildman–Crippen MR) is 119 cm³/mol. The van der Waals surface area contributed by atoms with Crippen molar-refractivity contribution >= 4 is 27.7 Å². The maximum absolute atomic E-state index is 12.1. The first-order valence-corrected chi connectivity index (χ1v) is 11.4. The maximum Gasteiger partial charge on any atom is 0.244 e. The molecule has 0 aliphatic rings. The van der Waals surface area contributed by atoms with Crippen molar-refractivity contribution in [3.63, 3.8) is 0 Å². The molecular weight excluding hydrogens is 404 g/mol. The number of benzene rings is 2. The molecule has 0 heterocycles. The minimum Gasteiger partial charge on any atom is -0.493 e. The zero-order valence-electron chi connectivity index (χ0n) is 17.6. The molecule has 8 heteroatoms. The molecule has 162 valence electrons. The number of ether oxygens (including phenoxy) is 2. The van der Waals surface area contributed by atoms with Gasteiger partial charge in [-0.15, -0.1) is 0 Å². The van der Waals surface area contributed by atoms with Gasteiger partial charge in [-0.25, -0.2) is 8.42 Å². The fourth-order valence-corrected chi connectivity index (χ4v) is 3.10. The normalized spacial score (nSPS) is 11.5. The maximum atomic E-state index is 12.1. The minimum atomic E-state index is -3.35. The lowest BCUT2D eigenvalue weighted by Gasteiger charge is -2.12. The molecule has 0 aliphatic carbocycles. The summed E-state index contributed by atoms with van der Waals surface area (Å²) in [5.41, 5.74) is 2.03. The number of sulfonamides is 1. The molecule has 0 fully saturated rings. The highest BCUT2D eigenvalue weighted by Gasteiger charge is 2.07. The molecule has 2 rings (SSSR count). The Morgan fingerprint density at radius 3 is 2.57 bits per heavy atom. The molecule has 2 N–H and O–H groups in total. The Hall–Kier alpha value is -3.00. The Labute approximate surface area is 178 Å². The third kappa shape index (κ3) is 8.16. The van der Waals surface area contributed by atoms with Gasteiger partial charge in [-0.3, -0.25) is 9.52 Å². The number of methoxy groups -OCH3 is 1. The van der Waals surface area contributed by atoms with E-state index in [-0.39, 0.29) is 12.5 Å². The summed E-state index contributed by atoms with van der Waals surface area (Å²) < 4.78 is 36.2. The van der Waals surface area contributed by atoms with Crippen LogP contribution in [0.4, 0.5) is 5.69 Å². The summed E-state index contributed by atoms with van der Waals surface area (Å²) in [6.07, 6.45) is 4.21. The molecule has 0 saturated carbocycles. The standard InChI is InChI=1S/C22H28N2O5S/c1-16(2)15-29-20-10-8-17(13-21(20)28-3)9-11-22(25)23-14-18-6-5-7-19(12-18)24-30(4,26)27/h5-13,16,24H,14-15H2,1-4H3,(H,23,25)/b11-9-. The smallest absolute Gasteiger partial charge is 0.244 e. The van der Waals surface area contributed by atoms with Crippen molar-refractivity contribution in [1.82, 2.24) is 5.32 Å². The van der Waals surface area contributed by atoms with Gasteiger partial charge in [-0.05, 0) is 47.4 Å². The fourth-order valence-electron chi connectivity index (χ4n) is 2.54. The summed E-state index contributed by atoms with van der Waals surface area (Å²) >= 11 is 0. The Morgan fingerprint density at radius 2 is 1.90 bits per heavy atom. The molecule has 0 radical (unpaired) electrons. The molecule has 0 aliphatic heterocycles. The summed E-state index contributed by atoms with van der Waals surface area (Å²) in [5.74, 6) is 1.40. The molecule has 0 spiro atoms. The van der Waals surface area contributed by atoms with E-state index in [2.05, 4.69) is 23.9 Å². The lowest BCUT2D eigenvalue weighted by molar-refractivity contribution is -0.116. The number of hydrogen-bond donors (Lipinski definition) is 2. The molecule has 0 atom stereocenters. The Balaban J connectivity index is 1.95. The number of rotatable bonds is 10. The van der Waals surface area contributed by atoms with Crippen molar-refractivity contribution in [2.45, 2.75) is 20.4 Å². The van der Waals surface area contributed by atoms with Crippen LogP contribution < -0.4 is 19.5 Å². The predicted octanol–water partition coefficient (Wildman–Crippen LogP) is 3.43. The van der Waals surface area contributed by atoms with Crippen LogP contribution in [-0.4, -0.2) is 34.3 Å². The number of amides is 1. The van der Waals surface area contributed by atoms with Crippen LogP contribution in [0.25, 0.3) is 6.08 Å². The lowest BCUT2D eigenvalue weighted by atomic mass is 10.1. The molecule has 0 aromatic heterocycles. The van der Waals surface area contributed by atoms with Crippen molar-refractivity contribution in [2.24, 2.45) is 5.92 Å². The molecular formula is C22H28N2O5S. The van der Waals surface area contributed by atoms with Crippen LogP contribution in [0.1, 0.15) is 25.0 Å². The fraction of sp³-hybridized carbons (Fsp3) is 0.318. The summed E-state index contributed by atoms with van der Waals surface area (Å²) in [5, 5.41) is 2.77. The van der Waals surface area contributed by atoms with Crippen LogP contribution in [0.2, 0.25) is 0 Å². The number of hydrogen-bond acceptors (Lipinski definition) is 5. The molecule has 0 unspecified atom stereocenters. The van der Waals surface area contributed by atoms with E-state index in [1.54, 1.807) is 43.5 Å². The monoisotopic (exact) mass is 432 g/mol. The van der Waals surface area contributed by atoms with Crippen LogP contribution in [0.3, 0.4) is 0 Å². The first-order chi connectivity index (χ1) is 14.2. The van der Waals surface area contributed by atoms with Crippen molar-refractivity contribution in [2.75, 3.05) is 24.7 Å². The van der Waals surface area contributed by atoms with Gasteiger partial charge in [0.05, 0.1) is 20.0 Å². The van der Waals surface area contributed by atoms with Gasteiger partial charge in [0.2, 0.25) is 15.9 Å². The third-order valence-electron chi connectivity index (χ3n) is 3.88. The second kappa shape index (κ2) is 10.7. The van der Waals surface area contributed by atoms with Crippen molar-refractivity contribution in [1.29, 1.82) is 0 Å². The van der Waals surface area contributed by atoms with Gasteiger partial charge in [-0.1, -0.05) is 32.0 Å². The molecule has 30 heavy (non-hydrogen) atoms. The molecule has 0 saturated heterocycles. The van der Waals surface area contributed by atoms with Crippen LogP contribution in [-0.2, 0) is 21.4 Å². The second-order valence-electron chi connectivity index (χ2n) is 7.24. The Kier molecular flexibility index (Phi) is 8.29. The first-order valence-electron chi connectivity index (χ1n) is 9.50. The topological polar surface area (TPSA) is 93.7 Å². The summed E-state index contributed by atoms with van der Waals surface area (Å²) in [7, 11) is -1.78. The van der Waals surface area contributed by atoms with Gasteiger partial charge in [-0.2, -0.15) is 0 Å². The van der Waals surface area contributed by atoms with E-state index < -0.39 is 10.0 Å². The first kappa shape index (κ1) is 23.3. The van der Waals surface area contributed by atoms with Crippen LogP contribution in [0, 0.1) is 5.92 Å². The molecule has 1 amide bonds. The van der Waals surface area contributed by atoms with E-state index >= 15 is 0 Å². The highest BCUT2D eigenvalue weighted by molar-refractivity contribution is 7.92. The zero-order chi connectivity index (χ0) is 22.1. The zero-order valence-corrected chi connectivity index (χ0v) is 18.5. The Morgan fingerprint density at radius 1 is 1.13 bits per heavy atom. The van der Waals surface area contributed by atoms with Gasteiger partial charge in [0.25, 0.3) is 0 Å². The van der Waals surface area contributed by atoms with Gasteiger partial charge >= 0.3 is 0 Å². The average molecular weight is 433 g/mol. The molecule has 2 aromatic rings. The molecule has 0 bridgehead atoms. The molecule has 2 aromatic carbocycles. The summed E-state index contributed by atoms with van der Waals surface area (Å²) in [6.45, 7) is 5.00. The lowest BCUT2D eigenvalue weighted by Crippen LogP contribution is -2.20. The minimum absolute atomic E-state index is 0.268. The van der Waals surface area contributed by atoms with Gasteiger partial charge in [0, 0.05) is 18.3 Å². The highest BCUT2D eigenvalue weighted by atomic mass is 32.2. The van der Waals surface area contributed by atoms with Gasteiger partial charge in [0.1, 0.15) is 0 Å². The summed E-state index contributed by atoms with van der Waals surface area (Å²) in [4.78, 5) is 12.1. The van der Waals surface area contributed by atoms with E-state index in [0.717, 1.165) is 17.4 Å². The van der Waals surface area contributed by atoms with Crippen LogP contribution in [0.15, 0.2) is 48.5 Å². The van der Waals surface area contributed by atoms with Crippen molar-refractivity contribution in [3.8, 4) is 11.5 Å². The number of nitrogens with one attached hydrogen (secondary N) is 2. The van der Waals surface area contributed by atoms with Crippen molar-refractivity contribution < 1.29 is 22.7 Å². The van der Waals surface area contributed by atoms with E-state index in [4.69, 9.17) is 9.47 Å². The van der Waals surface area contributed by atoms with Crippen molar-refractivity contribution in [3.05, 3.63) is 59.7 Å². The molecule has 7 nitrogen and oxygen atoms in total. The van der Waals surface area contributed by atoms with Crippen LogP contribution in [0.5, 0.6) is 11.5 Å². The summed E-state index contributed by atoms with van der Waals surface area (Å²) in [6, 6.07) is 12.3. The van der Waals surface area contributed by atoms with Gasteiger partial charge < -0.3 is 14.8 Å². The highest BCUT2D eigenvalue weighted by Crippen LogP contribution is 2.29. The van der Waals surface area contributed by atoms with Gasteiger partial charge in [0.15, 0.2) is 11.5 Å². The number of anilines is 1. The quantitative estimate of drug-likeness (QED) is 0.561. The second-order valence-corrected chi connectivity index (χ2v) is 8.99. The average Bonchev–Trinajstić information content (AvgIpc) is 2.68. The van der Waals surface area contributed by atoms with E-state index in [1.807, 2.05) is 12.1 Å². The third-order valence-corrected chi connectivity index (χ3v) is 4.49. The van der Waals surface area contributed by atoms with E-state index in [1.165, 1.54) is 6.08 Å². The Bertz CT molecular complexity index is 1000. The van der Waals surface area contributed by atoms with E-state index in [0.29, 0.717) is 29.7 Å². The number of carbonyl (C=O) groups is 1.